The topological polar surface area (TPSA) is 37.6 Å². The van der Waals surface area contributed by atoms with E-state index in [-0.39, 0.29) is 41.6 Å². The summed E-state index contributed by atoms with van der Waals surface area (Å²) in [4.78, 5) is 16.3. The number of pyridine rings is 1. The Morgan fingerprint density at radius 2 is 0.769 bits per heavy atom. The van der Waals surface area contributed by atoms with Gasteiger partial charge in [-0.3, -0.25) is 9.98 Å². The van der Waals surface area contributed by atoms with Crippen LogP contribution < -0.4 is 24.8 Å². The minimum atomic E-state index is 0. The van der Waals surface area contributed by atoms with Gasteiger partial charge in [0.2, 0.25) is 0 Å². The molecule has 1 heterocycles. The van der Waals surface area contributed by atoms with Crippen molar-refractivity contribution in [1.29, 1.82) is 0 Å². The molecule has 283 valence electrons. The third-order valence-corrected chi connectivity index (χ3v) is 12.7. The molecule has 0 amide bonds. The zero-order chi connectivity index (χ0) is 33.6. The number of halogens is 3. The third-order valence-electron chi connectivity index (χ3n) is 12.5. The number of hydrogen-bond donors (Lipinski definition) is 0. The minimum Gasteiger partial charge on any atom is -1.00 e. The second-order valence-corrected chi connectivity index (χ2v) is 16.3. The van der Waals surface area contributed by atoms with Crippen LogP contribution in [-0.4, -0.2) is 16.4 Å². The fourth-order valence-corrected chi connectivity index (χ4v) is 9.91. The molecule has 0 bridgehead atoms. The molecule has 3 nitrogen and oxygen atoms in total. The van der Waals surface area contributed by atoms with Gasteiger partial charge in [0.15, 0.2) is 0 Å². The molecule has 0 atom stereocenters. The van der Waals surface area contributed by atoms with Crippen molar-refractivity contribution < 1.29 is 41.6 Å². The summed E-state index contributed by atoms with van der Waals surface area (Å²) in [5, 5.41) is 0.699. The molecule has 7 rings (SSSR count). The molecular weight excluding hydrogens is 748 g/mol. The molecule has 52 heavy (non-hydrogen) atoms. The van der Waals surface area contributed by atoms with Gasteiger partial charge in [0.1, 0.15) is 0 Å². The fraction of sp³-hybridized carbons (Fsp3) is 0.578. The molecule has 1 radical (unpaired) electrons. The van der Waals surface area contributed by atoms with Crippen LogP contribution in [0.5, 0.6) is 0 Å². The van der Waals surface area contributed by atoms with Gasteiger partial charge >= 0.3 is 16.8 Å². The molecule has 4 aliphatic rings. The van der Waals surface area contributed by atoms with Gasteiger partial charge in [-0.15, -0.1) is 0 Å². The largest absolute Gasteiger partial charge is 2.00 e. The zero-order valence-corrected chi connectivity index (χ0v) is 34.7. The third kappa shape index (κ3) is 10.3. The summed E-state index contributed by atoms with van der Waals surface area (Å²) < 4.78 is 0. The molecule has 0 unspecified atom stereocenters. The molecule has 0 saturated heterocycles. The van der Waals surface area contributed by atoms with E-state index in [1.54, 1.807) is 0 Å². The van der Waals surface area contributed by atoms with E-state index in [0.717, 1.165) is 22.8 Å². The quantitative estimate of drug-likeness (QED) is 0.212. The van der Waals surface area contributed by atoms with Gasteiger partial charge in [-0.1, -0.05) is 125 Å². The monoisotopic (exact) mass is 804 g/mol. The molecule has 3 aromatic rings. The number of rotatable bonds is 8. The molecule has 0 N–H and O–H groups in total. The molecule has 1 aromatic heterocycles. The van der Waals surface area contributed by atoms with E-state index in [4.69, 9.17) is 26.6 Å². The molecule has 4 saturated carbocycles. The van der Waals surface area contributed by atoms with Gasteiger partial charge in [0.05, 0.1) is 34.2 Å². The number of aromatic nitrogens is 1. The van der Waals surface area contributed by atoms with Crippen LogP contribution in [0.25, 0.3) is 0 Å². The Hall–Kier alpha value is -1.69. The molecule has 2 aromatic carbocycles. The summed E-state index contributed by atoms with van der Waals surface area (Å²) in [6.45, 7) is 4.27. The zero-order valence-electron chi connectivity index (χ0n) is 31.4. The van der Waals surface area contributed by atoms with Crippen LogP contribution in [0.1, 0.15) is 200 Å². The molecule has 4 aliphatic carbocycles. The number of para-hydroxylation sites is 2. The maximum absolute atomic E-state index is 6.91. The van der Waals surface area contributed by atoms with E-state index in [1.165, 1.54) is 162 Å². The predicted molar refractivity (Wildman–Crippen MR) is 209 cm³/mol. The fourth-order valence-electron chi connectivity index (χ4n) is 9.71. The maximum atomic E-state index is 6.91. The van der Waals surface area contributed by atoms with Gasteiger partial charge in [-0.25, -0.2) is 4.98 Å². The molecule has 4 fully saturated rings. The average molecular weight is 806 g/mol. The van der Waals surface area contributed by atoms with Gasteiger partial charge in [-0.05, 0) is 123 Å². The van der Waals surface area contributed by atoms with Crippen molar-refractivity contribution in [3.63, 3.8) is 0 Å². The van der Waals surface area contributed by atoms with Gasteiger partial charge in [0.25, 0.3) is 0 Å². The molecule has 7 heteroatoms. The first-order chi connectivity index (χ1) is 24.0. The van der Waals surface area contributed by atoms with E-state index in [2.05, 4.69) is 50.2 Å². The first-order valence-electron chi connectivity index (χ1n) is 20.1. The maximum Gasteiger partial charge on any atom is 2.00 e. The predicted octanol–water partition coefficient (Wildman–Crippen LogP) is 8.21. The van der Waals surface area contributed by atoms with Crippen LogP contribution in [0.3, 0.4) is 0 Å². The van der Waals surface area contributed by atoms with E-state index >= 15 is 0 Å². The number of benzene rings is 2. The minimum absolute atomic E-state index is 0. The Balaban J connectivity index is 0.00000202. The van der Waals surface area contributed by atoms with E-state index in [0.29, 0.717) is 28.7 Å². The molecule has 0 aliphatic heterocycles. The van der Waals surface area contributed by atoms with Crippen LogP contribution in [0.15, 0.2) is 58.5 Å². The Bertz CT molecular complexity index is 1460. The second kappa shape index (κ2) is 20.8. The number of nitrogens with zero attached hydrogens (tertiary/aromatic N) is 3. The summed E-state index contributed by atoms with van der Waals surface area (Å²) >= 11 is 6.91. The molecular formula is C45H58Cl3CoN3. The van der Waals surface area contributed by atoms with Crippen molar-refractivity contribution in [2.24, 2.45) is 9.98 Å². The number of hydrogen-bond acceptors (Lipinski definition) is 3. The van der Waals surface area contributed by atoms with Gasteiger partial charge < -0.3 is 24.8 Å². The summed E-state index contributed by atoms with van der Waals surface area (Å²) in [7, 11) is 0. The normalized spacial score (nSPS) is 20.1. The van der Waals surface area contributed by atoms with Gasteiger partial charge in [0, 0.05) is 5.02 Å². The Morgan fingerprint density at radius 3 is 1.04 bits per heavy atom. The smallest absolute Gasteiger partial charge is 1.00 e. The summed E-state index contributed by atoms with van der Waals surface area (Å²) in [6.07, 6.45) is 26.2. The van der Waals surface area contributed by atoms with Crippen molar-refractivity contribution in [2.45, 2.75) is 166 Å². The first-order valence-corrected chi connectivity index (χ1v) is 20.5. The number of aliphatic imine (C=N–C) groups is 2. The van der Waals surface area contributed by atoms with Crippen molar-refractivity contribution in [3.05, 3.63) is 87.2 Å². The summed E-state index contributed by atoms with van der Waals surface area (Å²) in [6, 6.07) is 18.1. The Kier molecular flexibility index (Phi) is 17.2. The molecule has 0 spiro atoms. The SMILES string of the molecule is CC(=Nc1c(C2CCCCC2)cccc1C1CCCCC1)c1cc(Cl)cc(C(C)=Nc2c(C3CCCCC3)cccc2C2CCCCC2)n1.[Cl-].[Cl-].[Co+2]. The van der Waals surface area contributed by atoms with Gasteiger partial charge in [-0.2, -0.15) is 0 Å². The van der Waals surface area contributed by atoms with Crippen molar-refractivity contribution >= 4 is 34.4 Å². The van der Waals surface area contributed by atoms with Crippen LogP contribution in [-0.2, 0) is 16.8 Å². The van der Waals surface area contributed by atoms with E-state index in [9.17, 15) is 0 Å². The summed E-state index contributed by atoms with van der Waals surface area (Å²) in [5.41, 5.74) is 11.9. The van der Waals surface area contributed by atoms with Crippen LogP contribution in [0.4, 0.5) is 11.4 Å². The average Bonchev–Trinajstić information content (AvgIpc) is 3.16. The van der Waals surface area contributed by atoms with Crippen molar-refractivity contribution in [3.8, 4) is 0 Å². The Labute approximate surface area is 342 Å². The van der Waals surface area contributed by atoms with Crippen LogP contribution >= 0.6 is 11.6 Å². The Morgan fingerprint density at radius 1 is 0.500 bits per heavy atom. The first kappa shape index (κ1) is 43.0. The summed E-state index contributed by atoms with van der Waals surface area (Å²) in [5.74, 6) is 2.40. The van der Waals surface area contributed by atoms with Crippen LogP contribution in [0, 0.1) is 0 Å². The second-order valence-electron chi connectivity index (χ2n) is 15.9. The van der Waals surface area contributed by atoms with Crippen molar-refractivity contribution in [2.75, 3.05) is 0 Å². The van der Waals surface area contributed by atoms with Crippen LogP contribution in [0.2, 0.25) is 5.02 Å². The van der Waals surface area contributed by atoms with E-state index in [1.807, 2.05) is 12.1 Å². The van der Waals surface area contributed by atoms with E-state index < -0.39 is 0 Å². The van der Waals surface area contributed by atoms with Crippen molar-refractivity contribution in [1.82, 2.24) is 4.98 Å². The standard InChI is InChI=1S/C45H58ClN3.2ClH.Co/c1-31(47-44-38(33-17-7-3-8-18-33)25-15-26-39(44)34-19-9-4-10-20-34)42-29-37(46)30-43(49-42)32(2)48-45-40(35-21-11-5-12-22-35)27-16-28-41(45)36-23-13-6-14-24-36;;;/h15-16,25-30,33-36H,3-14,17-24H2,1-2H3;2*1H;/q;;;+2/p-2.